The lowest BCUT2D eigenvalue weighted by Gasteiger charge is -2.27. The van der Waals surface area contributed by atoms with Gasteiger partial charge in [0.25, 0.3) is 0 Å². The summed E-state index contributed by atoms with van der Waals surface area (Å²) in [5.41, 5.74) is 3.99. The van der Waals surface area contributed by atoms with Crippen LogP contribution in [0.3, 0.4) is 0 Å². The van der Waals surface area contributed by atoms with Crippen molar-refractivity contribution in [3.05, 3.63) is 33.8 Å². The van der Waals surface area contributed by atoms with Gasteiger partial charge >= 0.3 is 0 Å². The van der Waals surface area contributed by atoms with Crippen molar-refractivity contribution >= 4 is 11.6 Å². The molecule has 1 atom stereocenters. The lowest BCUT2D eigenvalue weighted by molar-refractivity contribution is 0.367. The molecule has 1 aliphatic carbocycles. The summed E-state index contributed by atoms with van der Waals surface area (Å²) in [6.07, 6.45) is 6.70. The molecule has 2 rings (SSSR count). The van der Waals surface area contributed by atoms with Crippen LogP contribution in [0.4, 0.5) is 0 Å². The monoisotopic (exact) mass is 279 g/mol. The standard InChI is InChI=1S/C17H26ClN/c1-4-9-19-17(14-7-5-6-8-14)15-10-13(3)16(18)11-12(15)2/h10-11,14,17,19H,4-9H2,1-3H3. The summed E-state index contributed by atoms with van der Waals surface area (Å²) in [4.78, 5) is 0. The minimum Gasteiger partial charge on any atom is -0.310 e. The maximum absolute atomic E-state index is 6.23. The highest BCUT2D eigenvalue weighted by molar-refractivity contribution is 6.31. The zero-order valence-electron chi connectivity index (χ0n) is 12.4. The number of halogens is 1. The predicted molar refractivity (Wildman–Crippen MR) is 83.9 cm³/mol. The third-order valence-electron chi connectivity index (χ3n) is 4.37. The molecule has 0 spiro atoms. The molecule has 1 aromatic rings. The maximum Gasteiger partial charge on any atom is 0.0438 e. The van der Waals surface area contributed by atoms with E-state index in [1.807, 2.05) is 0 Å². The van der Waals surface area contributed by atoms with Gasteiger partial charge in [0.15, 0.2) is 0 Å². The Bertz CT molecular complexity index is 422. The first-order valence-corrected chi connectivity index (χ1v) is 8.01. The first-order valence-electron chi connectivity index (χ1n) is 7.63. The van der Waals surface area contributed by atoms with Crippen LogP contribution in [0.5, 0.6) is 0 Å². The van der Waals surface area contributed by atoms with Gasteiger partial charge in [-0.25, -0.2) is 0 Å². The molecule has 0 saturated heterocycles. The Morgan fingerprint density at radius 3 is 2.53 bits per heavy atom. The van der Waals surface area contributed by atoms with E-state index in [-0.39, 0.29) is 0 Å². The minimum atomic E-state index is 0.512. The van der Waals surface area contributed by atoms with Crippen molar-refractivity contribution in [1.29, 1.82) is 0 Å². The quantitative estimate of drug-likeness (QED) is 0.782. The molecule has 19 heavy (non-hydrogen) atoms. The highest BCUT2D eigenvalue weighted by Crippen LogP contribution is 2.38. The Labute approximate surface area is 122 Å². The summed E-state index contributed by atoms with van der Waals surface area (Å²) in [5, 5.41) is 4.66. The molecule has 1 saturated carbocycles. The third kappa shape index (κ3) is 3.52. The van der Waals surface area contributed by atoms with Gasteiger partial charge in [-0.05, 0) is 68.3 Å². The van der Waals surface area contributed by atoms with Gasteiger partial charge in [-0.1, -0.05) is 37.4 Å². The molecule has 0 heterocycles. The fraction of sp³-hybridized carbons (Fsp3) is 0.647. The van der Waals surface area contributed by atoms with Crippen molar-refractivity contribution in [1.82, 2.24) is 5.32 Å². The Kier molecular flexibility index (Phi) is 5.29. The van der Waals surface area contributed by atoms with Crippen LogP contribution in [0.15, 0.2) is 12.1 Å². The predicted octanol–water partition coefficient (Wildman–Crippen LogP) is 5.19. The zero-order chi connectivity index (χ0) is 13.8. The number of benzene rings is 1. The van der Waals surface area contributed by atoms with E-state index in [1.54, 1.807) is 0 Å². The molecule has 106 valence electrons. The normalized spacial score (nSPS) is 17.9. The van der Waals surface area contributed by atoms with Gasteiger partial charge < -0.3 is 5.32 Å². The van der Waals surface area contributed by atoms with Crippen LogP contribution >= 0.6 is 11.6 Å². The molecule has 0 aromatic heterocycles. The number of aryl methyl sites for hydroxylation is 2. The number of nitrogens with one attached hydrogen (secondary N) is 1. The van der Waals surface area contributed by atoms with Crippen LogP contribution in [0.2, 0.25) is 5.02 Å². The van der Waals surface area contributed by atoms with Crippen molar-refractivity contribution in [2.75, 3.05) is 6.54 Å². The number of hydrogen-bond acceptors (Lipinski definition) is 1. The van der Waals surface area contributed by atoms with Crippen LogP contribution in [-0.2, 0) is 0 Å². The molecule has 0 bridgehead atoms. The van der Waals surface area contributed by atoms with E-state index in [0.717, 1.165) is 17.5 Å². The third-order valence-corrected chi connectivity index (χ3v) is 4.78. The van der Waals surface area contributed by atoms with Gasteiger partial charge in [-0.15, -0.1) is 0 Å². The molecule has 2 heteroatoms. The van der Waals surface area contributed by atoms with Crippen LogP contribution in [0, 0.1) is 19.8 Å². The summed E-state index contributed by atoms with van der Waals surface area (Å²) in [6, 6.07) is 4.93. The van der Waals surface area contributed by atoms with Gasteiger partial charge in [-0.3, -0.25) is 0 Å². The van der Waals surface area contributed by atoms with E-state index in [9.17, 15) is 0 Å². The molecule has 0 amide bonds. The van der Waals surface area contributed by atoms with E-state index >= 15 is 0 Å². The average molecular weight is 280 g/mol. The lowest BCUT2D eigenvalue weighted by atomic mass is 9.88. The topological polar surface area (TPSA) is 12.0 Å². The van der Waals surface area contributed by atoms with Crippen molar-refractivity contribution in [2.24, 2.45) is 5.92 Å². The van der Waals surface area contributed by atoms with E-state index in [1.165, 1.54) is 48.8 Å². The average Bonchev–Trinajstić information content (AvgIpc) is 2.89. The Hall–Kier alpha value is -0.530. The largest absolute Gasteiger partial charge is 0.310 e. The Morgan fingerprint density at radius 2 is 1.89 bits per heavy atom. The SMILES string of the molecule is CCCNC(c1cc(C)c(Cl)cc1C)C1CCCC1. The van der Waals surface area contributed by atoms with Crippen molar-refractivity contribution in [3.63, 3.8) is 0 Å². The van der Waals surface area contributed by atoms with Gasteiger partial charge in [0, 0.05) is 11.1 Å². The van der Waals surface area contributed by atoms with E-state index in [4.69, 9.17) is 11.6 Å². The summed E-state index contributed by atoms with van der Waals surface area (Å²) >= 11 is 6.23. The van der Waals surface area contributed by atoms with Crippen molar-refractivity contribution in [2.45, 2.75) is 58.9 Å². The minimum absolute atomic E-state index is 0.512. The highest BCUT2D eigenvalue weighted by Gasteiger charge is 2.27. The molecule has 0 radical (unpaired) electrons. The second-order valence-electron chi connectivity index (χ2n) is 5.93. The second kappa shape index (κ2) is 6.76. The van der Waals surface area contributed by atoms with E-state index in [2.05, 4.69) is 38.2 Å². The molecule has 1 N–H and O–H groups in total. The van der Waals surface area contributed by atoms with Gasteiger partial charge in [0.05, 0.1) is 0 Å². The summed E-state index contributed by atoms with van der Waals surface area (Å²) in [6.45, 7) is 7.63. The number of hydrogen-bond donors (Lipinski definition) is 1. The molecular formula is C17H26ClN. The molecular weight excluding hydrogens is 254 g/mol. The van der Waals surface area contributed by atoms with Crippen molar-refractivity contribution < 1.29 is 0 Å². The van der Waals surface area contributed by atoms with Gasteiger partial charge in [0.2, 0.25) is 0 Å². The first kappa shape index (κ1) is 14.9. The maximum atomic E-state index is 6.23. The molecule has 0 aliphatic heterocycles. The van der Waals surface area contributed by atoms with Crippen LogP contribution in [0.25, 0.3) is 0 Å². The van der Waals surface area contributed by atoms with Crippen LogP contribution in [0.1, 0.15) is 61.8 Å². The highest BCUT2D eigenvalue weighted by atomic mass is 35.5. The lowest BCUT2D eigenvalue weighted by Crippen LogP contribution is -2.28. The molecule has 1 aliphatic rings. The second-order valence-corrected chi connectivity index (χ2v) is 6.34. The summed E-state index contributed by atoms with van der Waals surface area (Å²) < 4.78 is 0. The fourth-order valence-electron chi connectivity index (χ4n) is 3.26. The smallest absolute Gasteiger partial charge is 0.0438 e. The summed E-state index contributed by atoms with van der Waals surface area (Å²) in [5.74, 6) is 0.797. The first-order chi connectivity index (χ1) is 9.13. The van der Waals surface area contributed by atoms with Crippen LogP contribution < -0.4 is 5.32 Å². The summed E-state index contributed by atoms with van der Waals surface area (Å²) in [7, 11) is 0. The van der Waals surface area contributed by atoms with Crippen molar-refractivity contribution in [3.8, 4) is 0 Å². The molecule has 1 nitrogen and oxygen atoms in total. The molecule has 1 unspecified atom stereocenters. The van der Waals surface area contributed by atoms with E-state index in [0.29, 0.717) is 6.04 Å². The fourth-order valence-corrected chi connectivity index (χ4v) is 3.48. The van der Waals surface area contributed by atoms with E-state index < -0.39 is 0 Å². The number of rotatable bonds is 5. The van der Waals surface area contributed by atoms with Gasteiger partial charge in [0.1, 0.15) is 0 Å². The molecule has 1 aromatic carbocycles. The molecule has 1 fully saturated rings. The Morgan fingerprint density at radius 1 is 1.21 bits per heavy atom. The zero-order valence-corrected chi connectivity index (χ0v) is 13.2. The van der Waals surface area contributed by atoms with Gasteiger partial charge in [-0.2, -0.15) is 0 Å². The van der Waals surface area contributed by atoms with Crippen LogP contribution in [-0.4, -0.2) is 6.54 Å². The Balaban J connectivity index is 2.28.